The zero-order valence-electron chi connectivity index (χ0n) is 19.8. The number of aliphatic hydroxyl groups excluding tert-OH is 2. The molecule has 0 saturated heterocycles. The van der Waals surface area contributed by atoms with Crippen LogP contribution in [0.3, 0.4) is 0 Å². The van der Waals surface area contributed by atoms with Crippen molar-refractivity contribution in [3.8, 4) is 0 Å². The Kier molecular flexibility index (Phi) is 7.71. The summed E-state index contributed by atoms with van der Waals surface area (Å²) in [6.45, 7) is 11.6. The third-order valence-electron chi connectivity index (χ3n) is 8.61. The minimum absolute atomic E-state index is 0.127. The van der Waals surface area contributed by atoms with E-state index in [0.29, 0.717) is 24.2 Å². The van der Waals surface area contributed by atoms with E-state index in [1.54, 1.807) is 0 Å². The van der Waals surface area contributed by atoms with Gasteiger partial charge in [-0.2, -0.15) is 0 Å². The molecule has 172 valence electrons. The number of rotatable bonds is 5. The van der Waals surface area contributed by atoms with E-state index in [2.05, 4.69) is 34.6 Å². The Balaban J connectivity index is 1.82. The van der Waals surface area contributed by atoms with Gasteiger partial charge in [0.05, 0.1) is 12.2 Å². The summed E-state index contributed by atoms with van der Waals surface area (Å²) in [6, 6.07) is 0. The van der Waals surface area contributed by atoms with E-state index in [9.17, 15) is 15.0 Å². The molecule has 0 aromatic heterocycles. The molecule has 4 nitrogen and oxygen atoms in total. The summed E-state index contributed by atoms with van der Waals surface area (Å²) in [4.78, 5) is 12.6. The fraction of sp³-hybridized carbons (Fsp3) is 0.885. The van der Waals surface area contributed by atoms with Crippen molar-refractivity contribution in [2.45, 2.75) is 111 Å². The zero-order valence-corrected chi connectivity index (χ0v) is 19.8. The van der Waals surface area contributed by atoms with Crippen molar-refractivity contribution in [2.24, 2.45) is 35.0 Å². The van der Waals surface area contributed by atoms with Crippen molar-refractivity contribution >= 4 is 5.97 Å². The lowest BCUT2D eigenvalue weighted by Gasteiger charge is -2.45. The molecule has 1 saturated carbocycles. The Morgan fingerprint density at radius 3 is 2.50 bits per heavy atom. The molecule has 1 aliphatic heterocycles. The van der Waals surface area contributed by atoms with Crippen LogP contribution in [0.4, 0.5) is 0 Å². The zero-order chi connectivity index (χ0) is 22.1. The molecular weight excluding hydrogens is 376 g/mol. The minimum Gasteiger partial charge on any atom is -0.431 e. The van der Waals surface area contributed by atoms with Crippen LogP contribution in [0.15, 0.2) is 11.3 Å². The molecule has 2 N–H and O–H groups in total. The van der Waals surface area contributed by atoms with Crippen LogP contribution in [0.5, 0.6) is 0 Å². The maximum Gasteiger partial charge on any atom is 0.310 e. The fourth-order valence-electron chi connectivity index (χ4n) is 6.71. The monoisotopic (exact) mass is 420 g/mol. The van der Waals surface area contributed by atoms with Crippen molar-refractivity contribution in [3.05, 3.63) is 11.3 Å². The van der Waals surface area contributed by atoms with E-state index in [4.69, 9.17) is 4.74 Å². The van der Waals surface area contributed by atoms with Gasteiger partial charge in [-0.3, -0.25) is 4.79 Å². The molecule has 0 aromatic rings. The SMILES string of the molecule is CC(C)CCC[C@@H](C)[C@H]1CC[C@H]2C3=C(CC[C@]12C)[C@@H](C)C[C@@H](O)[C@H](O)CCC(=O)O3. The number of ether oxygens (including phenoxy) is 1. The fourth-order valence-corrected chi connectivity index (χ4v) is 6.71. The van der Waals surface area contributed by atoms with Gasteiger partial charge in [0.25, 0.3) is 0 Å². The summed E-state index contributed by atoms with van der Waals surface area (Å²) in [6.07, 6.45) is 7.64. The quantitative estimate of drug-likeness (QED) is 0.567. The highest BCUT2D eigenvalue weighted by atomic mass is 16.5. The molecule has 0 spiro atoms. The molecule has 3 rings (SSSR count). The summed E-state index contributed by atoms with van der Waals surface area (Å²) in [5, 5.41) is 20.5. The van der Waals surface area contributed by atoms with E-state index in [1.807, 2.05) is 0 Å². The molecule has 0 bridgehead atoms. The molecule has 2 aliphatic carbocycles. The molecule has 1 fully saturated rings. The van der Waals surface area contributed by atoms with Gasteiger partial charge in [0.1, 0.15) is 5.76 Å². The second-order valence-corrected chi connectivity index (χ2v) is 11.2. The Bertz CT molecular complexity index is 639. The van der Waals surface area contributed by atoms with Gasteiger partial charge in [0.2, 0.25) is 0 Å². The first-order valence-corrected chi connectivity index (χ1v) is 12.4. The lowest BCUT2D eigenvalue weighted by molar-refractivity contribution is -0.143. The largest absolute Gasteiger partial charge is 0.431 e. The number of hydrogen-bond donors (Lipinski definition) is 2. The van der Waals surface area contributed by atoms with Crippen LogP contribution in [-0.4, -0.2) is 28.4 Å². The first-order valence-electron chi connectivity index (χ1n) is 12.4. The van der Waals surface area contributed by atoms with Gasteiger partial charge in [0, 0.05) is 12.3 Å². The van der Waals surface area contributed by atoms with Gasteiger partial charge in [-0.1, -0.05) is 53.9 Å². The molecule has 4 heteroatoms. The highest BCUT2D eigenvalue weighted by Gasteiger charge is 2.53. The third-order valence-corrected chi connectivity index (χ3v) is 8.61. The van der Waals surface area contributed by atoms with Crippen LogP contribution in [0.1, 0.15) is 98.8 Å². The Morgan fingerprint density at radius 2 is 1.80 bits per heavy atom. The molecule has 0 radical (unpaired) electrons. The van der Waals surface area contributed by atoms with Crippen LogP contribution in [0, 0.1) is 35.0 Å². The average Bonchev–Trinajstić information content (AvgIpc) is 3.02. The summed E-state index contributed by atoms with van der Waals surface area (Å²) in [5.74, 6) is 3.27. The van der Waals surface area contributed by atoms with Gasteiger partial charge >= 0.3 is 5.97 Å². The topological polar surface area (TPSA) is 66.8 Å². The first kappa shape index (κ1) is 23.8. The smallest absolute Gasteiger partial charge is 0.310 e. The maximum absolute atomic E-state index is 12.6. The van der Waals surface area contributed by atoms with Crippen LogP contribution >= 0.6 is 0 Å². The van der Waals surface area contributed by atoms with Crippen molar-refractivity contribution in [2.75, 3.05) is 0 Å². The first-order chi connectivity index (χ1) is 14.1. The van der Waals surface area contributed by atoms with Gasteiger partial charge in [-0.25, -0.2) is 0 Å². The molecule has 30 heavy (non-hydrogen) atoms. The number of fused-ring (bicyclic) bond motifs is 2. The third kappa shape index (κ3) is 4.96. The van der Waals surface area contributed by atoms with Crippen molar-refractivity contribution < 1.29 is 19.7 Å². The maximum atomic E-state index is 12.6. The van der Waals surface area contributed by atoms with Gasteiger partial charge in [0.15, 0.2) is 0 Å². The summed E-state index contributed by atoms with van der Waals surface area (Å²) >= 11 is 0. The normalized spacial score (nSPS) is 38.8. The van der Waals surface area contributed by atoms with Gasteiger partial charge in [-0.15, -0.1) is 0 Å². The second-order valence-electron chi connectivity index (χ2n) is 11.2. The van der Waals surface area contributed by atoms with E-state index in [0.717, 1.165) is 30.9 Å². The van der Waals surface area contributed by atoms with E-state index < -0.39 is 12.2 Å². The number of aliphatic hydroxyl groups is 2. The molecule has 0 amide bonds. The van der Waals surface area contributed by atoms with Crippen LogP contribution in [-0.2, 0) is 9.53 Å². The lowest BCUT2D eigenvalue weighted by Crippen LogP contribution is -2.39. The molecular formula is C26H44O4. The van der Waals surface area contributed by atoms with E-state index in [-0.39, 0.29) is 30.1 Å². The van der Waals surface area contributed by atoms with Crippen molar-refractivity contribution in [1.29, 1.82) is 0 Å². The number of carbonyl (C=O) groups excluding carboxylic acids is 1. The van der Waals surface area contributed by atoms with Crippen LogP contribution in [0.2, 0.25) is 0 Å². The van der Waals surface area contributed by atoms with Crippen molar-refractivity contribution in [3.63, 3.8) is 0 Å². The Hall–Kier alpha value is -0.870. The molecule has 7 atom stereocenters. The summed E-state index contributed by atoms with van der Waals surface area (Å²) in [7, 11) is 0. The molecule has 1 heterocycles. The highest BCUT2D eigenvalue weighted by molar-refractivity contribution is 5.71. The molecule has 0 unspecified atom stereocenters. The van der Waals surface area contributed by atoms with E-state index >= 15 is 0 Å². The predicted molar refractivity (Wildman–Crippen MR) is 120 cm³/mol. The van der Waals surface area contributed by atoms with Crippen molar-refractivity contribution in [1.82, 2.24) is 0 Å². The molecule has 0 aromatic carbocycles. The summed E-state index contributed by atoms with van der Waals surface area (Å²) < 4.78 is 6.05. The molecule has 3 aliphatic rings. The number of esters is 1. The van der Waals surface area contributed by atoms with Crippen LogP contribution in [0.25, 0.3) is 0 Å². The average molecular weight is 421 g/mol. The number of hydrogen-bond acceptors (Lipinski definition) is 4. The summed E-state index contributed by atoms with van der Waals surface area (Å²) in [5.41, 5.74) is 1.41. The number of carbonyl (C=O) groups is 1. The second kappa shape index (κ2) is 9.73. The standard InChI is InChI=1S/C26H44O4/c1-16(2)7-6-8-17(3)20-9-10-21-25-19(13-14-26(20,21)5)18(4)15-23(28)22(27)11-12-24(29)30-25/h16-18,20-23,27-28H,6-15H2,1-5H3/t17-,18+,20-,21+,22-,23-,26-/m1/s1. The van der Waals surface area contributed by atoms with E-state index in [1.165, 1.54) is 31.3 Å². The van der Waals surface area contributed by atoms with Gasteiger partial charge in [-0.05, 0) is 73.2 Å². The minimum atomic E-state index is -0.849. The highest BCUT2D eigenvalue weighted by Crippen LogP contribution is 2.60. The lowest BCUT2D eigenvalue weighted by atomic mass is 9.61. The van der Waals surface area contributed by atoms with Gasteiger partial charge < -0.3 is 14.9 Å². The number of allylic oxidation sites excluding steroid dienone is 2. The Morgan fingerprint density at radius 1 is 1.07 bits per heavy atom. The predicted octanol–water partition coefficient (Wildman–Crippen LogP) is 5.61. The van der Waals surface area contributed by atoms with Crippen LogP contribution < -0.4 is 0 Å². The Labute approximate surface area is 183 Å².